The molecule has 10 nitrogen and oxygen atoms in total. The molecule has 0 aromatic heterocycles. The molecule has 0 bridgehead atoms. The van der Waals surface area contributed by atoms with Crippen LogP contribution in [0, 0.1) is 0 Å². The van der Waals surface area contributed by atoms with Gasteiger partial charge in [-0.25, -0.2) is 0 Å². The maximum atomic E-state index is 9.93. The quantitative estimate of drug-likeness (QED) is 0.266. The number of hydrogen-bond acceptors (Lipinski definition) is 10. The molecular weight excluding hydrogens is 304 g/mol. The molecule has 0 amide bonds. The maximum absolute atomic E-state index is 9.93. The van der Waals surface area contributed by atoms with Crippen LogP contribution in [0.1, 0.15) is 0 Å². The molecule has 2 aliphatic rings. The largest absolute Gasteiger partial charge is 0.394 e. The van der Waals surface area contributed by atoms with Gasteiger partial charge in [-0.2, -0.15) is 0 Å². The van der Waals surface area contributed by atoms with Crippen LogP contribution in [0.2, 0.25) is 0 Å². The highest BCUT2D eigenvalue weighted by Crippen LogP contribution is 2.26. The van der Waals surface area contributed by atoms with E-state index in [0.717, 1.165) is 0 Å². The molecule has 22 heavy (non-hydrogen) atoms. The molecule has 0 saturated carbocycles. The van der Waals surface area contributed by atoms with E-state index in [-0.39, 0.29) is 6.61 Å². The maximum Gasteiger partial charge on any atom is 0.187 e. The summed E-state index contributed by atoms with van der Waals surface area (Å²) in [6, 6.07) is 0. The number of hydrogen-bond donors (Lipinski definition) is 7. The van der Waals surface area contributed by atoms with Crippen LogP contribution in [-0.4, -0.2) is 111 Å². The second-order valence-corrected chi connectivity index (χ2v) is 5.41. The molecule has 2 aliphatic heterocycles. The van der Waals surface area contributed by atoms with Gasteiger partial charge in [0.1, 0.15) is 48.8 Å². The smallest absolute Gasteiger partial charge is 0.187 e. The molecule has 2 heterocycles. The minimum Gasteiger partial charge on any atom is -0.394 e. The van der Waals surface area contributed by atoms with Crippen LogP contribution in [-0.2, 0) is 14.2 Å². The van der Waals surface area contributed by atoms with E-state index in [9.17, 15) is 25.5 Å². The fourth-order valence-electron chi connectivity index (χ4n) is 2.49. The van der Waals surface area contributed by atoms with Gasteiger partial charge in [0.15, 0.2) is 6.29 Å². The Hall–Kier alpha value is -0.400. The molecule has 2 fully saturated rings. The van der Waals surface area contributed by atoms with E-state index < -0.39 is 68.3 Å². The molecule has 2 rings (SSSR count). The minimum atomic E-state index is -1.61. The Morgan fingerprint density at radius 1 is 0.773 bits per heavy atom. The number of aliphatic hydroxyl groups excluding tert-OH is 7. The summed E-state index contributed by atoms with van der Waals surface area (Å²) < 4.78 is 15.6. The summed E-state index contributed by atoms with van der Waals surface area (Å²) in [5.74, 6) is 0. The lowest BCUT2D eigenvalue weighted by Crippen LogP contribution is -2.62. The molecule has 10 heteroatoms. The first-order valence-electron chi connectivity index (χ1n) is 6.95. The van der Waals surface area contributed by atoms with Crippen molar-refractivity contribution in [3.63, 3.8) is 0 Å². The van der Waals surface area contributed by atoms with E-state index in [4.69, 9.17) is 24.4 Å². The topological polar surface area (TPSA) is 169 Å². The fourth-order valence-corrected chi connectivity index (χ4v) is 2.49. The van der Waals surface area contributed by atoms with E-state index in [1.807, 2.05) is 0 Å². The molecule has 0 radical (unpaired) electrons. The lowest BCUT2D eigenvalue weighted by Gasteiger charge is -2.43. The Kier molecular flexibility index (Phi) is 6.07. The van der Waals surface area contributed by atoms with Crippen LogP contribution in [0.15, 0.2) is 0 Å². The Labute approximate surface area is 126 Å². The third-order valence-electron chi connectivity index (χ3n) is 3.92. The first-order valence-corrected chi connectivity index (χ1v) is 6.95. The number of ether oxygens (including phenoxy) is 3. The zero-order valence-corrected chi connectivity index (χ0v) is 11.7. The van der Waals surface area contributed by atoms with Crippen molar-refractivity contribution in [2.45, 2.75) is 55.1 Å². The summed E-state index contributed by atoms with van der Waals surface area (Å²) in [5.41, 5.74) is 0. The molecule has 9 atom stereocenters. The predicted molar refractivity (Wildman–Crippen MR) is 67.5 cm³/mol. The first kappa shape index (κ1) is 17.9. The van der Waals surface area contributed by atoms with E-state index >= 15 is 0 Å². The highest BCUT2D eigenvalue weighted by Gasteiger charge is 2.47. The van der Waals surface area contributed by atoms with Crippen LogP contribution >= 0.6 is 0 Å². The second kappa shape index (κ2) is 7.45. The number of rotatable bonds is 4. The first-order chi connectivity index (χ1) is 10.4. The summed E-state index contributed by atoms with van der Waals surface area (Å²) in [6.07, 6.45) is -12.1. The molecule has 0 unspecified atom stereocenters. The summed E-state index contributed by atoms with van der Waals surface area (Å²) in [4.78, 5) is 0. The van der Waals surface area contributed by atoms with Gasteiger partial charge < -0.3 is 50.0 Å². The van der Waals surface area contributed by atoms with Crippen molar-refractivity contribution in [1.29, 1.82) is 0 Å². The fraction of sp³-hybridized carbons (Fsp3) is 1.00. The van der Waals surface area contributed by atoms with Crippen molar-refractivity contribution in [1.82, 2.24) is 0 Å². The van der Waals surface area contributed by atoms with Gasteiger partial charge in [-0.3, -0.25) is 0 Å². The normalized spacial score (nSPS) is 50.0. The highest BCUT2D eigenvalue weighted by atomic mass is 16.7. The molecule has 7 N–H and O–H groups in total. The zero-order valence-electron chi connectivity index (χ0n) is 11.7. The molecule has 0 aromatic rings. The zero-order chi connectivity index (χ0) is 16.4. The van der Waals surface area contributed by atoms with Gasteiger partial charge in [0.05, 0.1) is 19.8 Å². The Balaban J connectivity index is 2.00. The molecule has 0 aliphatic carbocycles. The third-order valence-corrected chi connectivity index (χ3v) is 3.92. The summed E-state index contributed by atoms with van der Waals surface area (Å²) >= 11 is 0. The van der Waals surface area contributed by atoms with Crippen LogP contribution in [0.4, 0.5) is 0 Å². The van der Waals surface area contributed by atoms with Gasteiger partial charge >= 0.3 is 0 Å². The Morgan fingerprint density at radius 2 is 1.36 bits per heavy atom. The molecule has 0 spiro atoms. The van der Waals surface area contributed by atoms with Gasteiger partial charge in [-0.05, 0) is 0 Å². The average molecular weight is 326 g/mol. The van der Waals surface area contributed by atoms with Crippen LogP contribution in [0.25, 0.3) is 0 Å². The van der Waals surface area contributed by atoms with E-state index in [1.54, 1.807) is 0 Å². The van der Waals surface area contributed by atoms with Crippen molar-refractivity contribution in [3.05, 3.63) is 0 Å². The van der Waals surface area contributed by atoms with E-state index in [1.165, 1.54) is 0 Å². The van der Waals surface area contributed by atoms with Crippen LogP contribution < -0.4 is 0 Å². The lowest BCUT2D eigenvalue weighted by molar-refractivity contribution is -0.331. The predicted octanol–water partition coefficient (Wildman–Crippen LogP) is -4.72. The molecular formula is C12H22O10. The van der Waals surface area contributed by atoms with Gasteiger partial charge in [-0.1, -0.05) is 0 Å². The lowest BCUT2D eigenvalue weighted by atomic mass is 9.98. The third kappa shape index (κ3) is 3.41. The SMILES string of the molecule is OC[C@H]1O[C@@H](O[C@H]2CO[C@H](CO)[C@@H](O)[C@@H]2O)[C@H](O)[C@@H](O)[C@@H]1O. The number of aliphatic hydroxyl groups is 7. The minimum absolute atomic E-state index is 0.182. The van der Waals surface area contributed by atoms with E-state index in [0.29, 0.717) is 0 Å². The van der Waals surface area contributed by atoms with Gasteiger partial charge in [0, 0.05) is 0 Å². The average Bonchev–Trinajstić information content (AvgIpc) is 2.52. The van der Waals surface area contributed by atoms with Crippen molar-refractivity contribution >= 4 is 0 Å². The molecule has 0 aromatic carbocycles. The van der Waals surface area contributed by atoms with Gasteiger partial charge in [0.2, 0.25) is 0 Å². The Bertz CT molecular complexity index is 353. The van der Waals surface area contributed by atoms with Gasteiger partial charge in [0.25, 0.3) is 0 Å². The standard InChI is InChI=1S/C12H22O10/c13-1-4-7(15)9(17)6(3-20-4)22-12-11(19)10(18)8(16)5(2-14)21-12/h4-19H,1-3H2/t4-,5-,6+,7-,8-,9-,10+,11-,12+/m1/s1. The van der Waals surface area contributed by atoms with Crippen molar-refractivity contribution in [3.8, 4) is 0 Å². The second-order valence-electron chi connectivity index (χ2n) is 5.41. The summed E-state index contributed by atoms with van der Waals surface area (Å²) in [7, 11) is 0. The van der Waals surface area contributed by atoms with Crippen LogP contribution in [0.3, 0.4) is 0 Å². The van der Waals surface area contributed by atoms with Crippen molar-refractivity contribution < 1.29 is 50.0 Å². The summed E-state index contributed by atoms with van der Waals surface area (Å²) in [6.45, 7) is -1.27. The Morgan fingerprint density at radius 3 is 1.95 bits per heavy atom. The van der Waals surface area contributed by atoms with Gasteiger partial charge in [-0.15, -0.1) is 0 Å². The van der Waals surface area contributed by atoms with E-state index in [2.05, 4.69) is 0 Å². The summed E-state index contributed by atoms with van der Waals surface area (Å²) in [5, 5.41) is 66.9. The molecule has 2 saturated heterocycles. The van der Waals surface area contributed by atoms with Crippen molar-refractivity contribution in [2.24, 2.45) is 0 Å². The van der Waals surface area contributed by atoms with Crippen LogP contribution in [0.5, 0.6) is 0 Å². The highest BCUT2D eigenvalue weighted by molar-refractivity contribution is 4.92. The monoisotopic (exact) mass is 326 g/mol. The molecule has 130 valence electrons. The van der Waals surface area contributed by atoms with Crippen molar-refractivity contribution in [2.75, 3.05) is 19.8 Å².